The summed E-state index contributed by atoms with van der Waals surface area (Å²) >= 11 is 1.40. The number of rotatable bonds is 4. The Morgan fingerprint density at radius 1 is 1.45 bits per heavy atom. The number of ether oxygens (including phenoxy) is 1. The first-order chi connectivity index (χ1) is 9.70. The number of carboxylic acids is 1. The molecule has 1 N–H and O–H groups in total. The Labute approximate surface area is 122 Å². The number of carbonyl (C=O) groups is 1. The zero-order valence-corrected chi connectivity index (χ0v) is 12.4. The summed E-state index contributed by atoms with van der Waals surface area (Å²) in [6.07, 6.45) is 8.46. The van der Waals surface area contributed by atoms with Gasteiger partial charge in [0, 0.05) is 13.3 Å². The van der Waals surface area contributed by atoms with Crippen molar-refractivity contribution in [2.45, 2.75) is 44.8 Å². The zero-order chi connectivity index (χ0) is 14.1. The zero-order valence-electron chi connectivity index (χ0n) is 11.6. The third-order valence-electron chi connectivity index (χ3n) is 4.10. The van der Waals surface area contributed by atoms with Crippen LogP contribution < -0.4 is 0 Å². The lowest BCUT2D eigenvalue weighted by molar-refractivity contribution is 0.0702. The van der Waals surface area contributed by atoms with Crippen LogP contribution in [-0.2, 0) is 11.5 Å². The summed E-state index contributed by atoms with van der Waals surface area (Å²) < 4.78 is 8.39. The van der Waals surface area contributed by atoms with Gasteiger partial charge >= 0.3 is 5.97 Å². The van der Waals surface area contributed by atoms with Crippen molar-refractivity contribution in [2.24, 2.45) is 0 Å². The molecule has 0 bridgehead atoms. The molecule has 1 saturated carbocycles. The quantitative estimate of drug-likeness (QED) is 0.925. The van der Waals surface area contributed by atoms with Crippen LogP contribution in [0.3, 0.4) is 0 Å². The van der Waals surface area contributed by atoms with E-state index in [-0.39, 0.29) is 0 Å². The van der Waals surface area contributed by atoms with Gasteiger partial charge in [-0.15, -0.1) is 11.3 Å². The van der Waals surface area contributed by atoms with Crippen LogP contribution in [0, 0.1) is 0 Å². The average Bonchev–Trinajstić information content (AvgIpc) is 3.01. The normalized spacial score (nSPS) is 16.9. The van der Waals surface area contributed by atoms with Crippen molar-refractivity contribution in [3.63, 3.8) is 0 Å². The molecule has 0 spiro atoms. The number of hydrogen-bond acceptors (Lipinski definition) is 3. The monoisotopic (exact) mass is 293 g/mol. The second-order valence-corrected chi connectivity index (χ2v) is 6.49. The molecule has 0 unspecified atom stereocenters. The number of nitrogens with zero attached hydrogens (tertiary/aromatic N) is 1. The summed E-state index contributed by atoms with van der Waals surface area (Å²) in [6.45, 7) is 0.471. The number of carboxylic acid groups (broad SMARTS) is 1. The molecule has 1 fully saturated rings. The maximum absolute atomic E-state index is 11.2. The largest absolute Gasteiger partial charge is 0.477 e. The third kappa shape index (κ3) is 2.36. The first-order valence-electron chi connectivity index (χ1n) is 7.05. The lowest BCUT2D eigenvalue weighted by Gasteiger charge is -2.20. The van der Waals surface area contributed by atoms with Gasteiger partial charge in [0.15, 0.2) is 0 Å². The van der Waals surface area contributed by atoms with Crippen molar-refractivity contribution >= 4 is 27.5 Å². The van der Waals surface area contributed by atoms with E-state index < -0.39 is 5.97 Å². The molecule has 4 nitrogen and oxygen atoms in total. The molecule has 0 atom stereocenters. The van der Waals surface area contributed by atoms with Crippen LogP contribution in [0.15, 0.2) is 12.3 Å². The van der Waals surface area contributed by atoms with Crippen molar-refractivity contribution in [2.75, 3.05) is 7.11 Å². The lowest BCUT2D eigenvalue weighted by atomic mass is 9.85. The van der Waals surface area contributed by atoms with Crippen LogP contribution in [0.4, 0.5) is 0 Å². The fourth-order valence-corrected chi connectivity index (χ4v) is 4.25. The van der Waals surface area contributed by atoms with Gasteiger partial charge in [0.25, 0.3) is 0 Å². The van der Waals surface area contributed by atoms with E-state index in [2.05, 4.69) is 6.20 Å². The summed E-state index contributed by atoms with van der Waals surface area (Å²) in [4.78, 5) is 11.6. The molecule has 0 aromatic carbocycles. The first kappa shape index (κ1) is 13.6. The highest BCUT2D eigenvalue weighted by molar-refractivity contribution is 7.20. The second kappa shape index (κ2) is 5.58. The van der Waals surface area contributed by atoms with Crippen molar-refractivity contribution in [1.82, 2.24) is 4.57 Å². The van der Waals surface area contributed by atoms with Gasteiger partial charge in [0.05, 0.1) is 10.2 Å². The SMILES string of the molecule is COCn1cc(C2CCCCC2)c2sc(C(=O)O)cc21. The maximum atomic E-state index is 11.2. The molecule has 0 saturated heterocycles. The minimum Gasteiger partial charge on any atom is -0.477 e. The molecule has 1 aliphatic carbocycles. The van der Waals surface area contributed by atoms with Crippen LogP contribution in [0.2, 0.25) is 0 Å². The van der Waals surface area contributed by atoms with Gasteiger partial charge in [-0.3, -0.25) is 0 Å². The van der Waals surface area contributed by atoms with Gasteiger partial charge in [-0.05, 0) is 30.4 Å². The number of fused-ring (bicyclic) bond motifs is 1. The fourth-order valence-electron chi connectivity index (χ4n) is 3.15. The molecule has 1 aliphatic rings. The van der Waals surface area contributed by atoms with Crippen LogP contribution >= 0.6 is 11.3 Å². The van der Waals surface area contributed by atoms with Crippen LogP contribution in [-0.4, -0.2) is 22.8 Å². The smallest absolute Gasteiger partial charge is 0.345 e. The third-order valence-corrected chi connectivity index (χ3v) is 5.26. The summed E-state index contributed by atoms with van der Waals surface area (Å²) in [7, 11) is 1.66. The number of aromatic nitrogens is 1. The standard InChI is InChI=1S/C15H19NO3S/c1-19-9-16-8-11(10-5-3-2-4-6-10)14-12(16)7-13(20-14)15(17)18/h7-8,10H,2-6,9H2,1H3,(H,17,18). The lowest BCUT2D eigenvalue weighted by Crippen LogP contribution is -2.04. The van der Waals surface area contributed by atoms with E-state index in [0.717, 1.165) is 10.2 Å². The molecule has 3 rings (SSSR count). The van der Waals surface area contributed by atoms with E-state index in [0.29, 0.717) is 17.5 Å². The van der Waals surface area contributed by atoms with Crippen molar-refractivity contribution in [1.29, 1.82) is 0 Å². The van der Waals surface area contributed by atoms with E-state index >= 15 is 0 Å². The number of methoxy groups -OCH3 is 1. The Bertz CT molecular complexity index is 622. The first-order valence-corrected chi connectivity index (χ1v) is 7.87. The molecular weight excluding hydrogens is 274 g/mol. The molecule has 0 aliphatic heterocycles. The van der Waals surface area contributed by atoms with Crippen LogP contribution in [0.1, 0.15) is 53.3 Å². The Morgan fingerprint density at radius 3 is 2.85 bits per heavy atom. The number of thiophene rings is 1. The molecule has 108 valence electrons. The molecule has 0 radical (unpaired) electrons. The molecule has 2 aromatic heterocycles. The summed E-state index contributed by atoms with van der Waals surface area (Å²) in [5.41, 5.74) is 2.31. The second-order valence-electron chi connectivity index (χ2n) is 5.44. The van der Waals surface area contributed by atoms with Crippen molar-refractivity contribution in [3.05, 3.63) is 22.7 Å². The highest BCUT2D eigenvalue weighted by Gasteiger charge is 2.23. The van der Waals surface area contributed by atoms with Crippen molar-refractivity contribution < 1.29 is 14.6 Å². The van der Waals surface area contributed by atoms with Crippen LogP contribution in [0.25, 0.3) is 10.2 Å². The topological polar surface area (TPSA) is 51.5 Å². The molecule has 0 amide bonds. The highest BCUT2D eigenvalue weighted by atomic mass is 32.1. The molecular formula is C15H19NO3S. The van der Waals surface area contributed by atoms with Crippen molar-refractivity contribution in [3.8, 4) is 0 Å². The van der Waals surface area contributed by atoms with E-state index in [1.54, 1.807) is 13.2 Å². The fraction of sp³-hybridized carbons (Fsp3) is 0.533. The summed E-state index contributed by atoms with van der Waals surface area (Å²) in [5, 5.41) is 9.20. The Kier molecular flexibility index (Phi) is 3.81. The van der Waals surface area contributed by atoms with E-state index in [9.17, 15) is 9.90 Å². The Morgan fingerprint density at radius 2 is 2.20 bits per heavy atom. The Balaban J connectivity index is 2.07. The van der Waals surface area contributed by atoms with Gasteiger partial charge in [-0.25, -0.2) is 4.79 Å². The molecule has 2 aromatic rings. The van der Waals surface area contributed by atoms with Gasteiger partial charge in [0.2, 0.25) is 0 Å². The maximum Gasteiger partial charge on any atom is 0.345 e. The Hall–Kier alpha value is -1.33. The molecule has 2 heterocycles. The van der Waals surface area contributed by atoms with E-state index in [4.69, 9.17) is 4.74 Å². The predicted molar refractivity (Wildman–Crippen MR) is 79.6 cm³/mol. The highest BCUT2D eigenvalue weighted by Crippen LogP contribution is 2.40. The predicted octanol–water partition coefficient (Wildman–Crippen LogP) is 4.05. The minimum absolute atomic E-state index is 0.414. The van der Waals surface area contributed by atoms with Gasteiger partial charge in [-0.1, -0.05) is 19.3 Å². The minimum atomic E-state index is -0.843. The van der Waals surface area contributed by atoms with Gasteiger partial charge in [-0.2, -0.15) is 0 Å². The van der Waals surface area contributed by atoms with Gasteiger partial charge in [0.1, 0.15) is 11.6 Å². The van der Waals surface area contributed by atoms with E-state index in [1.165, 1.54) is 49.0 Å². The van der Waals surface area contributed by atoms with Gasteiger partial charge < -0.3 is 14.4 Å². The van der Waals surface area contributed by atoms with Crippen LogP contribution in [0.5, 0.6) is 0 Å². The summed E-state index contributed by atoms with van der Waals surface area (Å²) in [5.74, 6) is -0.269. The summed E-state index contributed by atoms with van der Waals surface area (Å²) in [6, 6.07) is 1.77. The molecule has 20 heavy (non-hydrogen) atoms. The number of aromatic carboxylic acids is 1. The molecule has 5 heteroatoms. The van der Waals surface area contributed by atoms with E-state index in [1.807, 2.05) is 4.57 Å². The average molecular weight is 293 g/mol. The number of hydrogen-bond donors (Lipinski definition) is 1.